The number of halogens is 1. The second kappa shape index (κ2) is 8.96. The molecule has 2 aliphatic heterocycles. The minimum Gasteiger partial charge on any atom is -0.366 e. The van der Waals surface area contributed by atoms with Crippen molar-refractivity contribution in [1.29, 1.82) is 0 Å². The van der Waals surface area contributed by atoms with Gasteiger partial charge in [0.25, 0.3) is 0 Å². The monoisotopic (exact) mass is 485 g/mol. The summed E-state index contributed by atoms with van der Waals surface area (Å²) in [4.78, 5) is 15.3. The summed E-state index contributed by atoms with van der Waals surface area (Å²) < 4.78 is 44.3. The lowest BCUT2D eigenvalue weighted by Gasteiger charge is -2.36. The first-order chi connectivity index (χ1) is 16.3. The molecule has 34 heavy (non-hydrogen) atoms. The van der Waals surface area contributed by atoms with Crippen LogP contribution in [0.4, 0.5) is 10.1 Å². The molecular weight excluding hydrogens is 453 g/mol. The SMILES string of the molecule is CC(=O)N1CCN(c2ccc(CN3C4(CCCC4)C[C@@H](c4ccccc4)S3(=O)=O)cc2F)CC1. The summed E-state index contributed by atoms with van der Waals surface area (Å²) in [5.74, 6) is -0.303. The first-order valence-corrected chi connectivity index (χ1v) is 13.7. The second-order valence-corrected chi connectivity index (χ2v) is 11.9. The molecule has 8 heteroatoms. The van der Waals surface area contributed by atoms with Crippen molar-refractivity contribution in [3.63, 3.8) is 0 Å². The topological polar surface area (TPSA) is 60.9 Å². The van der Waals surface area contributed by atoms with Gasteiger partial charge in [0.05, 0.1) is 5.69 Å². The molecule has 1 amide bonds. The maximum Gasteiger partial charge on any atom is 0.222 e. The zero-order valence-corrected chi connectivity index (χ0v) is 20.4. The molecule has 1 saturated carbocycles. The van der Waals surface area contributed by atoms with Crippen molar-refractivity contribution >= 4 is 21.6 Å². The number of nitrogens with zero attached hydrogens (tertiary/aromatic N) is 3. The number of benzene rings is 2. The zero-order chi connectivity index (χ0) is 23.9. The van der Waals surface area contributed by atoms with Gasteiger partial charge < -0.3 is 9.80 Å². The van der Waals surface area contributed by atoms with Crippen molar-refractivity contribution in [3.05, 3.63) is 65.5 Å². The van der Waals surface area contributed by atoms with Crippen LogP contribution in [0.2, 0.25) is 0 Å². The minimum atomic E-state index is -3.57. The normalized spacial score (nSPS) is 24.1. The number of carbonyl (C=O) groups is 1. The first kappa shape index (κ1) is 23.3. The number of piperazine rings is 1. The van der Waals surface area contributed by atoms with Gasteiger partial charge >= 0.3 is 0 Å². The van der Waals surface area contributed by atoms with Gasteiger partial charge in [-0.3, -0.25) is 4.79 Å². The maximum absolute atomic E-state index is 15.2. The van der Waals surface area contributed by atoms with E-state index in [9.17, 15) is 13.2 Å². The largest absolute Gasteiger partial charge is 0.366 e. The molecule has 0 radical (unpaired) electrons. The zero-order valence-electron chi connectivity index (χ0n) is 19.6. The van der Waals surface area contributed by atoms with Crippen LogP contribution in [-0.4, -0.2) is 55.2 Å². The standard InChI is InChI=1S/C26H32FN3O3S/c1-20(31)28-13-15-29(16-14-28)24-10-9-21(17-23(24)27)19-30-26(11-5-6-12-26)18-25(34(30,32)33)22-7-3-2-4-8-22/h2-4,7-10,17,25H,5-6,11-16,18-19H2,1H3/t25-/m0/s1. The van der Waals surface area contributed by atoms with Crippen molar-refractivity contribution in [2.45, 2.75) is 56.4 Å². The molecule has 0 unspecified atom stereocenters. The number of amides is 1. The molecule has 0 bridgehead atoms. The number of hydrogen-bond acceptors (Lipinski definition) is 4. The molecule has 0 aromatic heterocycles. The van der Waals surface area contributed by atoms with Gasteiger partial charge in [-0.2, -0.15) is 4.31 Å². The Balaban J connectivity index is 1.38. The van der Waals surface area contributed by atoms with Crippen LogP contribution in [0.5, 0.6) is 0 Å². The molecule has 1 spiro atoms. The molecule has 1 atom stereocenters. The lowest BCUT2D eigenvalue weighted by Crippen LogP contribution is -2.48. The van der Waals surface area contributed by atoms with Gasteiger partial charge in [-0.15, -0.1) is 0 Å². The summed E-state index contributed by atoms with van der Waals surface area (Å²) in [6, 6.07) is 14.6. The summed E-state index contributed by atoms with van der Waals surface area (Å²) >= 11 is 0. The fourth-order valence-corrected chi connectivity index (χ4v) is 8.47. The predicted molar refractivity (Wildman–Crippen MR) is 130 cm³/mol. The van der Waals surface area contributed by atoms with E-state index >= 15 is 4.39 Å². The van der Waals surface area contributed by atoms with E-state index in [0.717, 1.165) is 31.2 Å². The van der Waals surface area contributed by atoms with Gasteiger partial charge in [-0.1, -0.05) is 49.2 Å². The van der Waals surface area contributed by atoms with Crippen molar-refractivity contribution in [2.75, 3.05) is 31.1 Å². The summed E-state index contributed by atoms with van der Waals surface area (Å²) in [6.45, 7) is 4.06. The van der Waals surface area contributed by atoms with Crippen LogP contribution in [0.25, 0.3) is 0 Å². The molecule has 182 valence electrons. The molecule has 1 aliphatic carbocycles. The Hall–Kier alpha value is -2.45. The second-order valence-electron chi connectivity index (χ2n) is 9.87. The van der Waals surface area contributed by atoms with Crippen molar-refractivity contribution < 1.29 is 17.6 Å². The lowest BCUT2D eigenvalue weighted by molar-refractivity contribution is -0.129. The van der Waals surface area contributed by atoms with Crippen LogP contribution in [0.15, 0.2) is 48.5 Å². The third-order valence-corrected chi connectivity index (χ3v) is 10.2. The summed E-state index contributed by atoms with van der Waals surface area (Å²) in [5.41, 5.74) is 1.64. The number of carbonyl (C=O) groups excluding carboxylic acids is 1. The Morgan fingerprint density at radius 2 is 1.71 bits per heavy atom. The molecule has 6 nitrogen and oxygen atoms in total. The molecule has 0 N–H and O–H groups in total. The molecule has 5 rings (SSSR count). The fraction of sp³-hybridized carbons (Fsp3) is 0.500. The Bertz CT molecular complexity index is 1160. The Morgan fingerprint density at radius 3 is 2.32 bits per heavy atom. The Labute approximate surface area is 201 Å². The highest BCUT2D eigenvalue weighted by molar-refractivity contribution is 7.89. The quantitative estimate of drug-likeness (QED) is 0.655. The highest BCUT2D eigenvalue weighted by Crippen LogP contribution is 2.53. The molecular formula is C26H32FN3O3S. The molecule has 2 saturated heterocycles. The van der Waals surface area contributed by atoms with Gasteiger partial charge in [0.1, 0.15) is 11.1 Å². The fourth-order valence-electron chi connectivity index (χ4n) is 6.01. The van der Waals surface area contributed by atoms with Gasteiger partial charge in [0.15, 0.2) is 0 Å². The van der Waals surface area contributed by atoms with E-state index in [0.29, 0.717) is 43.9 Å². The van der Waals surface area contributed by atoms with E-state index < -0.39 is 15.3 Å². The third kappa shape index (κ3) is 4.11. The maximum atomic E-state index is 15.2. The highest BCUT2D eigenvalue weighted by Gasteiger charge is 2.56. The third-order valence-electron chi connectivity index (χ3n) is 7.87. The average molecular weight is 486 g/mol. The highest BCUT2D eigenvalue weighted by atomic mass is 32.2. The predicted octanol–water partition coefficient (Wildman–Crippen LogP) is 4.08. The van der Waals surface area contributed by atoms with Gasteiger partial charge in [0.2, 0.25) is 15.9 Å². The molecule has 2 aromatic rings. The number of anilines is 1. The molecule has 2 aromatic carbocycles. The van der Waals surface area contributed by atoms with Crippen LogP contribution in [0.3, 0.4) is 0 Å². The number of rotatable bonds is 4. The van der Waals surface area contributed by atoms with E-state index in [4.69, 9.17) is 0 Å². The van der Waals surface area contributed by atoms with E-state index in [2.05, 4.69) is 0 Å². The van der Waals surface area contributed by atoms with Crippen LogP contribution < -0.4 is 4.90 Å². The number of sulfonamides is 1. The van der Waals surface area contributed by atoms with Gasteiger partial charge in [0, 0.05) is 45.2 Å². The smallest absolute Gasteiger partial charge is 0.222 e. The summed E-state index contributed by atoms with van der Waals surface area (Å²) in [7, 11) is -3.57. The molecule has 3 fully saturated rings. The van der Waals surface area contributed by atoms with Crippen LogP contribution in [0, 0.1) is 5.82 Å². The average Bonchev–Trinajstić information content (AvgIpc) is 3.38. The van der Waals surface area contributed by atoms with Crippen molar-refractivity contribution in [1.82, 2.24) is 9.21 Å². The van der Waals surface area contributed by atoms with E-state index in [1.807, 2.05) is 41.3 Å². The van der Waals surface area contributed by atoms with Gasteiger partial charge in [-0.25, -0.2) is 12.8 Å². The van der Waals surface area contributed by atoms with Gasteiger partial charge in [-0.05, 0) is 42.5 Å². The van der Waals surface area contributed by atoms with Crippen LogP contribution >= 0.6 is 0 Å². The van der Waals surface area contributed by atoms with E-state index in [1.54, 1.807) is 22.2 Å². The number of hydrogen-bond donors (Lipinski definition) is 0. The van der Waals surface area contributed by atoms with Crippen LogP contribution in [-0.2, 0) is 21.4 Å². The van der Waals surface area contributed by atoms with Crippen molar-refractivity contribution in [3.8, 4) is 0 Å². The Kier molecular flexibility index (Phi) is 6.14. The van der Waals surface area contributed by atoms with E-state index in [-0.39, 0.29) is 23.8 Å². The Morgan fingerprint density at radius 1 is 1.03 bits per heavy atom. The van der Waals surface area contributed by atoms with Crippen molar-refractivity contribution in [2.24, 2.45) is 0 Å². The van der Waals surface area contributed by atoms with Crippen LogP contribution in [0.1, 0.15) is 55.4 Å². The molecule has 3 aliphatic rings. The lowest BCUT2D eigenvalue weighted by atomic mass is 9.89. The van der Waals surface area contributed by atoms with E-state index in [1.165, 1.54) is 6.07 Å². The summed E-state index contributed by atoms with van der Waals surface area (Å²) in [6.07, 6.45) is 4.35. The molecule has 2 heterocycles. The first-order valence-electron chi connectivity index (χ1n) is 12.2. The minimum absolute atomic E-state index is 0.0388. The summed E-state index contributed by atoms with van der Waals surface area (Å²) in [5, 5.41) is -0.548.